The molecule has 0 aromatic carbocycles. The highest BCUT2D eigenvalue weighted by atomic mass is 16.6. The van der Waals surface area contributed by atoms with E-state index in [9.17, 15) is 9.59 Å². The van der Waals surface area contributed by atoms with Crippen LogP contribution in [0, 0.1) is 13.8 Å². The lowest BCUT2D eigenvalue weighted by atomic mass is 10.1. The summed E-state index contributed by atoms with van der Waals surface area (Å²) in [5.41, 5.74) is 2.98. The van der Waals surface area contributed by atoms with Gasteiger partial charge in [-0.05, 0) is 46.8 Å². The SMILES string of the molecule is Cc1ccc(-c2noc(C)c2Cn2ncc(NC3CN(C(=O)OC(C)(C)C)C3)cc2=O)cn1. The standard InChI is InChI=1S/C23H28N6O4/c1-14-6-7-16(9-24-14)21-19(15(2)33-27-21)13-29-20(30)8-17(10-25-29)26-18-11-28(12-18)22(31)32-23(3,4)5/h6-10,18,26H,11-13H2,1-5H3. The molecule has 3 aromatic rings. The van der Waals surface area contributed by atoms with Crippen LogP contribution in [0.1, 0.15) is 37.8 Å². The minimum absolute atomic E-state index is 0.0375. The van der Waals surface area contributed by atoms with Gasteiger partial charge in [-0.25, -0.2) is 9.48 Å². The molecule has 33 heavy (non-hydrogen) atoms. The van der Waals surface area contributed by atoms with Crippen molar-refractivity contribution in [3.05, 3.63) is 58.0 Å². The topological polar surface area (TPSA) is 115 Å². The van der Waals surface area contributed by atoms with E-state index in [-0.39, 0.29) is 24.2 Å². The number of nitrogens with zero attached hydrogens (tertiary/aromatic N) is 5. The largest absolute Gasteiger partial charge is 0.444 e. The normalized spacial score (nSPS) is 14.2. The van der Waals surface area contributed by atoms with Crippen LogP contribution in [0.4, 0.5) is 10.5 Å². The molecule has 1 fully saturated rings. The summed E-state index contributed by atoms with van der Waals surface area (Å²) >= 11 is 0. The fraction of sp³-hybridized carbons (Fsp3) is 0.435. The lowest BCUT2D eigenvalue weighted by molar-refractivity contribution is 0.0105. The van der Waals surface area contributed by atoms with Crippen molar-refractivity contribution in [3.8, 4) is 11.3 Å². The van der Waals surface area contributed by atoms with E-state index in [1.54, 1.807) is 24.2 Å². The lowest BCUT2D eigenvalue weighted by Crippen LogP contribution is -2.58. The van der Waals surface area contributed by atoms with Crippen molar-refractivity contribution in [2.45, 2.75) is 52.8 Å². The second kappa shape index (κ2) is 8.68. The predicted octanol–water partition coefficient (Wildman–Crippen LogP) is 2.99. The smallest absolute Gasteiger partial charge is 0.410 e. The Morgan fingerprint density at radius 2 is 2.00 bits per heavy atom. The number of aryl methyl sites for hydroxylation is 2. The molecule has 1 N–H and O–H groups in total. The number of ether oxygens (including phenoxy) is 1. The number of hydrogen-bond donors (Lipinski definition) is 1. The Labute approximate surface area is 191 Å². The van der Waals surface area contributed by atoms with Crippen molar-refractivity contribution >= 4 is 11.8 Å². The number of hydrogen-bond acceptors (Lipinski definition) is 8. The summed E-state index contributed by atoms with van der Waals surface area (Å²) in [6.45, 7) is 10.5. The highest BCUT2D eigenvalue weighted by Gasteiger charge is 2.33. The fourth-order valence-corrected chi connectivity index (χ4v) is 3.47. The Hall–Kier alpha value is -3.69. The fourth-order valence-electron chi connectivity index (χ4n) is 3.47. The average molecular weight is 453 g/mol. The average Bonchev–Trinajstić information content (AvgIpc) is 3.06. The summed E-state index contributed by atoms with van der Waals surface area (Å²) in [5, 5.41) is 11.7. The zero-order chi connectivity index (χ0) is 23.8. The highest BCUT2D eigenvalue weighted by Crippen LogP contribution is 2.25. The van der Waals surface area contributed by atoms with E-state index in [2.05, 4.69) is 20.6 Å². The maximum atomic E-state index is 12.7. The summed E-state index contributed by atoms with van der Waals surface area (Å²) in [5.74, 6) is 0.623. The predicted molar refractivity (Wildman–Crippen MR) is 122 cm³/mol. The number of carbonyl (C=O) groups is 1. The number of pyridine rings is 1. The van der Waals surface area contributed by atoms with Gasteiger partial charge in [0.2, 0.25) is 0 Å². The van der Waals surface area contributed by atoms with E-state index >= 15 is 0 Å². The third-order valence-corrected chi connectivity index (χ3v) is 5.25. The molecule has 10 nitrogen and oxygen atoms in total. The molecule has 4 heterocycles. The molecule has 3 aromatic heterocycles. The molecule has 0 unspecified atom stereocenters. The first-order valence-electron chi connectivity index (χ1n) is 10.8. The molecule has 0 spiro atoms. The molecule has 0 aliphatic carbocycles. The van der Waals surface area contributed by atoms with Crippen LogP contribution in [-0.4, -0.2) is 55.6 Å². The van der Waals surface area contributed by atoms with Crippen molar-refractivity contribution < 1.29 is 14.1 Å². The number of rotatable bonds is 5. The summed E-state index contributed by atoms with van der Waals surface area (Å²) in [7, 11) is 0. The number of nitrogens with one attached hydrogen (secondary N) is 1. The maximum absolute atomic E-state index is 12.7. The van der Waals surface area contributed by atoms with Gasteiger partial charge in [-0.3, -0.25) is 9.78 Å². The Morgan fingerprint density at radius 1 is 1.24 bits per heavy atom. The first-order chi connectivity index (χ1) is 15.6. The summed E-state index contributed by atoms with van der Waals surface area (Å²) in [6.07, 6.45) is 3.00. The molecular formula is C23H28N6O4. The van der Waals surface area contributed by atoms with Crippen LogP contribution in [-0.2, 0) is 11.3 Å². The van der Waals surface area contributed by atoms with Crippen molar-refractivity contribution in [2.75, 3.05) is 18.4 Å². The maximum Gasteiger partial charge on any atom is 0.410 e. The van der Waals surface area contributed by atoms with E-state index in [1.807, 2.05) is 39.8 Å². The third-order valence-electron chi connectivity index (χ3n) is 5.25. The number of anilines is 1. The Kier molecular flexibility index (Phi) is 5.92. The molecule has 174 valence electrons. The summed E-state index contributed by atoms with van der Waals surface area (Å²) in [6, 6.07) is 5.36. The molecule has 4 rings (SSSR count). The van der Waals surface area contributed by atoms with Gasteiger partial charge in [-0.15, -0.1) is 0 Å². The molecule has 1 aliphatic heterocycles. The van der Waals surface area contributed by atoms with E-state index < -0.39 is 5.60 Å². The minimum atomic E-state index is -0.525. The lowest BCUT2D eigenvalue weighted by Gasteiger charge is -2.40. The van der Waals surface area contributed by atoms with Crippen LogP contribution in [0.3, 0.4) is 0 Å². The number of amides is 1. The first kappa shape index (κ1) is 22.5. The van der Waals surface area contributed by atoms with Gasteiger partial charge in [0, 0.05) is 42.2 Å². The van der Waals surface area contributed by atoms with Crippen LogP contribution in [0.2, 0.25) is 0 Å². The number of carbonyl (C=O) groups excluding carboxylic acids is 1. The molecule has 1 saturated heterocycles. The van der Waals surface area contributed by atoms with Gasteiger partial charge >= 0.3 is 6.09 Å². The molecule has 10 heteroatoms. The van der Waals surface area contributed by atoms with Gasteiger partial charge in [-0.2, -0.15) is 5.10 Å². The second-order valence-electron chi connectivity index (χ2n) is 9.22. The van der Waals surface area contributed by atoms with Crippen molar-refractivity contribution in [2.24, 2.45) is 0 Å². The molecule has 1 aliphatic rings. The van der Waals surface area contributed by atoms with Gasteiger partial charge in [0.25, 0.3) is 5.56 Å². The van der Waals surface area contributed by atoms with Crippen LogP contribution in [0.25, 0.3) is 11.3 Å². The van der Waals surface area contributed by atoms with E-state index in [4.69, 9.17) is 9.26 Å². The van der Waals surface area contributed by atoms with Gasteiger partial charge in [0.05, 0.1) is 24.5 Å². The summed E-state index contributed by atoms with van der Waals surface area (Å²) < 4.78 is 12.1. The first-order valence-corrected chi connectivity index (χ1v) is 10.8. The second-order valence-corrected chi connectivity index (χ2v) is 9.22. The number of likely N-dealkylation sites (tertiary alicyclic amines) is 1. The van der Waals surface area contributed by atoms with Gasteiger partial charge in [-0.1, -0.05) is 5.16 Å². The van der Waals surface area contributed by atoms with Crippen molar-refractivity contribution in [3.63, 3.8) is 0 Å². The molecule has 0 atom stereocenters. The monoisotopic (exact) mass is 452 g/mol. The van der Waals surface area contributed by atoms with Crippen LogP contribution in [0.5, 0.6) is 0 Å². The third kappa shape index (κ3) is 5.21. The highest BCUT2D eigenvalue weighted by molar-refractivity contribution is 5.69. The zero-order valence-corrected chi connectivity index (χ0v) is 19.5. The van der Waals surface area contributed by atoms with Crippen molar-refractivity contribution in [1.82, 2.24) is 24.8 Å². The zero-order valence-electron chi connectivity index (χ0n) is 19.5. The van der Waals surface area contributed by atoms with Crippen molar-refractivity contribution in [1.29, 1.82) is 0 Å². The molecular weight excluding hydrogens is 424 g/mol. The Morgan fingerprint density at radius 3 is 2.64 bits per heavy atom. The minimum Gasteiger partial charge on any atom is -0.444 e. The van der Waals surface area contributed by atoms with Gasteiger partial charge in [0.15, 0.2) is 0 Å². The Balaban J connectivity index is 1.41. The Bertz CT molecular complexity index is 1200. The number of aromatic nitrogens is 4. The molecule has 0 saturated carbocycles. The van der Waals surface area contributed by atoms with Crippen LogP contribution in [0.15, 0.2) is 39.9 Å². The van der Waals surface area contributed by atoms with Crippen LogP contribution < -0.4 is 10.9 Å². The van der Waals surface area contributed by atoms with Crippen LogP contribution >= 0.6 is 0 Å². The quantitative estimate of drug-likeness (QED) is 0.628. The summed E-state index contributed by atoms with van der Waals surface area (Å²) in [4.78, 5) is 30.7. The van der Waals surface area contributed by atoms with E-state index in [0.29, 0.717) is 30.2 Å². The molecule has 1 amide bonds. The molecule has 0 radical (unpaired) electrons. The van der Waals surface area contributed by atoms with E-state index in [1.165, 1.54) is 10.7 Å². The van der Waals surface area contributed by atoms with Gasteiger partial charge < -0.3 is 19.5 Å². The molecule has 0 bridgehead atoms. The van der Waals surface area contributed by atoms with E-state index in [0.717, 1.165) is 16.8 Å². The van der Waals surface area contributed by atoms with Gasteiger partial charge in [0.1, 0.15) is 17.1 Å².